The van der Waals surface area contributed by atoms with Gasteiger partial charge in [0.1, 0.15) is 4.75 Å². The monoisotopic (exact) mass is 349 g/mol. The zero-order chi connectivity index (χ0) is 14.1. The second-order valence-electron chi connectivity index (χ2n) is 6.43. The van der Waals surface area contributed by atoms with Crippen LogP contribution >= 0.6 is 27.7 Å². The second-order valence-corrected chi connectivity index (χ2v) is 8.80. The maximum atomic E-state index is 9.66. The van der Waals surface area contributed by atoms with E-state index in [-0.39, 0.29) is 4.75 Å². The van der Waals surface area contributed by atoms with Crippen molar-refractivity contribution in [1.82, 2.24) is 0 Å². The summed E-state index contributed by atoms with van der Waals surface area (Å²) in [6.07, 6.45) is 10.4. The van der Waals surface area contributed by atoms with Crippen molar-refractivity contribution >= 4 is 27.7 Å². The predicted octanol–water partition coefficient (Wildman–Crippen LogP) is 5.94. The molecule has 1 spiro atoms. The summed E-state index contributed by atoms with van der Waals surface area (Å²) in [5, 5.41) is 9.66. The highest BCUT2D eigenvalue weighted by atomic mass is 79.9. The number of hydrogen-bond acceptors (Lipinski definition) is 2. The van der Waals surface area contributed by atoms with Gasteiger partial charge in [-0.25, -0.2) is 0 Å². The summed E-state index contributed by atoms with van der Waals surface area (Å²) in [5.74, 6) is 0. The average Bonchev–Trinajstić information content (AvgIpc) is 2.66. The van der Waals surface area contributed by atoms with Gasteiger partial charge in [-0.1, -0.05) is 41.6 Å². The molecule has 0 atom stereocenters. The lowest BCUT2D eigenvalue weighted by atomic mass is 9.58. The van der Waals surface area contributed by atoms with Crippen molar-refractivity contribution in [2.45, 2.75) is 61.0 Å². The first-order chi connectivity index (χ1) is 9.65. The van der Waals surface area contributed by atoms with Gasteiger partial charge in [-0.15, -0.1) is 11.8 Å². The van der Waals surface area contributed by atoms with Gasteiger partial charge in [0.25, 0.3) is 0 Å². The number of hydrogen-bond donors (Lipinski definition) is 0. The quantitative estimate of drug-likeness (QED) is 0.659. The average molecular weight is 350 g/mol. The zero-order valence-electron chi connectivity index (χ0n) is 11.7. The third-order valence-corrected chi connectivity index (χ3v) is 6.62. The molecule has 0 N–H and O–H groups in total. The van der Waals surface area contributed by atoms with Crippen molar-refractivity contribution in [3.63, 3.8) is 0 Å². The minimum atomic E-state index is -0.168. The molecule has 0 unspecified atom stereocenters. The Morgan fingerprint density at radius 1 is 1.00 bits per heavy atom. The lowest BCUT2D eigenvalue weighted by Crippen LogP contribution is -2.48. The molecule has 1 aromatic carbocycles. The standard InChI is InChI=1S/C17H20BrNS/c18-14-5-7-15(8-6-14)20-17(13-19)11-16(12-17)9-3-1-2-4-10-16/h5-8H,1-4,9-12H2. The maximum absolute atomic E-state index is 9.66. The van der Waals surface area contributed by atoms with E-state index in [0.717, 1.165) is 17.3 Å². The fourth-order valence-electron chi connectivity index (χ4n) is 3.89. The van der Waals surface area contributed by atoms with E-state index in [1.807, 2.05) is 0 Å². The minimum absolute atomic E-state index is 0.168. The molecule has 3 rings (SSSR count). The summed E-state index contributed by atoms with van der Waals surface area (Å²) < 4.78 is 0.930. The van der Waals surface area contributed by atoms with E-state index < -0.39 is 0 Å². The Bertz CT molecular complexity index is 501. The molecule has 2 aliphatic carbocycles. The van der Waals surface area contributed by atoms with Crippen molar-refractivity contribution in [1.29, 1.82) is 5.26 Å². The molecule has 0 aliphatic heterocycles. The van der Waals surface area contributed by atoms with Gasteiger partial charge >= 0.3 is 0 Å². The van der Waals surface area contributed by atoms with Crippen LogP contribution < -0.4 is 0 Å². The number of nitriles is 1. The Morgan fingerprint density at radius 2 is 1.60 bits per heavy atom. The van der Waals surface area contributed by atoms with Crippen LogP contribution in [0.25, 0.3) is 0 Å². The van der Waals surface area contributed by atoms with Crippen LogP contribution in [0.15, 0.2) is 33.6 Å². The summed E-state index contributed by atoms with van der Waals surface area (Å²) in [6.45, 7) is 0. The van der Waals surface area contributed by atoms with Crippen LogP contribution in [0, 0.1) is 16.7 Å². The largest absolute Gasteiger partial charge is 0.197 e. The van der Waals surface area contributed by atoms with Crippen molar-refractivity contribution in [2.75, 3.05) is 0 Å². The van der Waals surface area contributed by atoms with Gasteiger partial charge < -0.3 is 0 Å². The minimum Gasteiger partial charge on any atom is -0.197 e. The molecule has 0 radical (unpaired) electrons. The molecule has 2 saturated carbocycles. The topological polar surface area (TPSA) is 23.8 Å². The first kappa shape index (κ1) is 14.5. The molecule has 0 heterocycles. The smallest absolute Gasteiger partial charge is 0.108 e. The second kappa shape index (κ2) is 5.73. The van der Waals surface area contributed by atoms with Gasteiger partial charge in [0.15, 0.2) is 0 Å². The molecule has 20 heavy (non-hydrogen) atoms. The van der Waals surface area contributed by atoms with E-state index in [0.29, 0.717) is 5.41 Å². The Hall–Kier alpha value is -0.460. The molecule has 0 bridgehead atoms. The van der Waals surface area contributed by atoms with Crippen LogP contribution in [-0.2, 0) is 0 Å². The number of halogens is 1. The van der Waals surface area contributed by atoms with Crippen LogP contribution in [0.2, 0.25) is 0 Å². The van der Waals surface area contributed by atoms with E-state index in [1.54, 1.807) is 11.8 Å². The molecule has 2 aliphatic rings. The van der Waals surface area contributed by atoms with Gasteiger partial charge in [-0.05, 0) is 55.4 Å². The fraction of sp³-hybridized carbons (Fsp3) is 0.588. The number of thioether (sulfide) groups is 1. The van der Waals surface area contributed by atoms with E-state index in [4.69, 9.17) is 0 Å². The fourth-order valence-corrected chi connectivity index (χ4v) is 5.68. The van der Waals surface area contributed by atoms with Gasteiger partial charge in [0, 0.05) is 9.37 Å². The van der Waals surface area contributed by atoms with E-state index in [2.05, 4.69) is 46.3 Å². The molecule has 2 fully saturated rings. The SMILES string of the molecule is N#CC1(Sc2ccc(Br)cc2)CC2(CCCCCC2)C1. The molecule has 1 nitrogen and oxygen atoms in total. The molecule has 1 aromatic rings. The third kappa shape index (κ3) is 2.92. The Morgan fingerprint density at radius 3 is 2.15 bits per heavy atom. The van der Waals surface area contributed by atoms with Gasteiger partial charge in [-0.2, -0.15) is 5.26 Å². The first-order valence-corrected chi connectivity index (χ1v) is 9.12. The van der Waals surface area contributed by atoms with Gasteiger partial charge in [0.2, 0.25) is 0 Å². The summed E-state index contributed by atoms with van der Waals surface area (Å²) in [6, 6.07) is 11.0. The van der Waals surface area contributed by atoms with Crippen molar-refractivity contribution in [3.05, 3.63) is 28.7 Å². The molecule has 0 aromatic heterocycles. The number of nitrogens with zero attached hydrogens (tertiary/aromatic N) is 1. The Labute approximate surface area is 134 Å². The highest BCUT2D eigenvalue weighted by Gasteiger charge is 2.55. The van der Waals surface area contributed by atoms with E-state index in [9.17, 15) is 5.26 Å². The predicted molar refractivity (Wildman–Crippen MR) is 87.7 cm³/mol. The molecule has 0 amide bonds. The lowest BCUT2D eigenvalue weighted by Gasteiger charge is -2.52. The Kier molecular flexibility index (Phi) is 4.15. The number of rotatable bonds is 2. The summed E-state index contributed by atoms with van der Waals surface area (Å²) in [5.41, 5.74) is 0.495. The van der Waals surface area contributed by atoms with E-state index >= 15 is 0 Å². The van der Waals surface area contributed by atoms with Gasteiger partial charge in [0.05, 0.1) is 6.07 Å². The van der Waals surface area contributed by atoms with Crippen LogP contribution in [0.3, 0.4) is 0 Å². The van der Waals surface area contributed by atoms with Crippen LogP contribution in [0.5, 0.6) is 0 Å². The molecule has 0 saturated heterocycles. The highest BCUT2D eigenvalue weighted by Crippen LogP contribution is 2.62. The Balaban J connectivity index is 1.69. The van der Waals surface area contributed by atoms with Crippen LogP contribution in [0.1, 0.15) is 51.4 Å². The lowest BCUT2D eigenvalue weighted by molar-refractivity contribution is 0.0882. The van der Waals surface area contributed by atoms with E-state index in [1.165, 1.54) is 43.4 Å². The molecular weight excluding hydrogens is 330 g/mol. The normalized spacial score (nSPS) is 23.6. The van der Waals surface area contributed by atoms with Gasteiger partial charge in [-0.3, -0.25) is 0 Å². The van der Waals surface area contributed by atoms with Crippen LogP contribution in [-0.4, -0.2) is 4.75 Å². The zero-order valence-corrected chi connectivity index (χ0v) is 14.1. The maximum Gasteiger partial charge on any atom is 0.108 e. The summed E-state index contributed by atoms with van der Waals surface area (Å²) >= 11 is 5.24. The van der Waals surface area contributed by atoms with Crippen molar-refractivity contribution in [2.24, 2.45) is 5.41 Å². The summed E-state index contributed by atoms with van der Waals surface area (Å²) in [4.78, 5) is 1.22. The van der Waals surface area contributed by atoms with Crippen LogP contribution in [0.4, 0.5) is 0 Å². The molecule has 106 valence electrons. The van der Waals surface area contributed by atoms with Crippen molar-refractivity contribution < 1.29 is 0 Å². The molecule has 3 heteroatoms. The summed E-state index contributed by atoms with van der Waals surface area (Å²) in [7, 11) is 0. The number of benzene rings is 1. The van der Waals surface area contributed by atoms with Crippen molar-refractivity contribution in [3.8, 4) is 6.07 Å². The first-order valence-electron chi connectivity index (χ1n) is 7.51. The molecular formula is C17H20BrNS. The highest BCUT2D eigenvalue weighted by molar-refractivity contribution is 9.10. The third-order valence-electron chi connectivity index (χ3n) is 4.82.